The van der Waals surface area contributed by atoms with E-state index >= 15 is 0 Å². The van der Waals surface area contributed by atoms with Gasteiger partial charge in [0.2, 0.25) is 0 Å². The number of carbonyl (C=O) groups excluding carboxylic acids is 1. The van der Waals surface area contributed by atoms with Crippen LogP contribution < -0.4 is 5.56 Å². The molecule has 1 aliphatic rings. The molecule has 0 radical (unpaired) electrons. The van der Waals surface area contributed by atoms with E-state index in [1.807, 2.05) is 30.3 Å². The Hall–Kier alpha value is -3.47. The molecule has 1 amide bonds. The summed E-state index contributed by atoms with van der Waals surface area (Å²) in [6.07, 6.45) is 2.06. The molecule has 0 unspecified atom stereocenters. The van der Waals surface area contributed by atoms with Gasteiger partial charge in [-0.3, -0.25) is 9.59 Å². The molecule has 0 saturated heterocycles. The molecule has 0 atom stereocenters. The molecule has 1 aliphatic carbocycles. The molecule has 5 rings (SSSR count). The highest BCUT2D eigenvalue weighted by atomic mass is 16.2. The maximum atomic E-state index is 13.2. The molecule has 0 bridgehead atoms. The Balaban J connectivity index is 1.50. The smallest absolute Gasteiger partial charge is 0.258 e. The summed E-state index contributed by atoms with van der Waals surface area (Å²) in [6, 6.07) is 17.4. The average molecular weight is 369 g/mol. The Labute approximate surface area is 161 Å². The number of benzene rings is 3. The summed E-state index contributed by atoms with van der Waals surface area (Å²) in [5.74, 6) is 0.400. The van der Waals surface area contributed by atoms with Gasteiger partial charge in [-0.05, 0) is 52.9 Å². The van der Waals surface area contributed by atoms with E-state index in [9.17, 15) is 9.59 Å². The third-order valence-corrected chi connectivity index (χ3v) is 5.50. The van der Waals surface area contributed by atoms with Crippen LogP contribution >= 0.6 is 0 Å². The van der Waals surface area contributed by atoms with E-state index in [4.69, 9.17) is 0 Å². The van der Waals surface area contributed by atoms with Crippen molar-refractivity contribution < 1.29 is 4.79 Å². The molecule has 0 spiro atoms. The summed E-state index contributed by atoms with van der Waals surface area (Å²) in [7, 11) is 1.74. The van der Waals surface area contributed by atoms with E-state index in [0.717, 1.165) is 18.2 Å². The first kappa shape index (κ1) is 16.7. The predicted molar refractivity (Wildman–Crippen MR) is 110 cm³/mol. The van der Waals surface area contributed by atoms with Gasteiger partial charge in [-0.25, -0.2) is 4.98 Å². The van der Waals surface area contributed by atoms with Crippen molar-refractivity contribution in [2.75, 3.05) is 7.05 Å². The van der Waals surface area contributed by atoms with Gasteiger partial charge >= 0.3 is 0 Å². The standard InChI is InChI=1S/C23H19N3O2/c1-26(13-20-24-19-8-3-2-6-18(19)22(27)25-20)23(28)17-12-11-15-10-9-14-5-4-7-16(17)21(14)15/h2-8,11-12H,9-10,13H2,1H3,(H,24,25,27). The lowest BCUT2D eigenvalue weighted by Gasteiger charge is -2.18. The number of aromatic amines is 1. The van der Waals surface area contributed by atoms with E-state index in [1.165, 1.54) is 16.5 Å². The fraction of sp³-hybridized carbons (Fsp3) is 0.174. The number of nitrogens with zero attached hydrogens (tertiary/aromatic N) is 2. The van der Waals surface area contributed by atoms with Crippen LogP contribution in [0.3, 0.4) is 0 Å². The summed E-state index contributed by atoms with van der Waals surface area (Å²) in [5, 5.41) is 2.77. The number of amides is 1. The minimum atomic E-state index is -0.188. The number of rotatable bonds is 3. The molecule has 0 saturated carbocycles. The first-order valence-electron chi connectivity index (χ1n) is 9.39. The van der Waals surface area contributed by atoms with Crippen molar-refractivity contribution in [3.05, 3.63) is 87.5 Å². The van der Waals surface area contributed by atoms with E-state index in [1.54, 1.807) is 24.1 Å². The number of nitrogens with one attached hydrogen (secondary N) is 1. The van der Waals surface area contributed by atoms with Gasteiger partial charge in [0.15, 0.2) is 0 Å². The topological polar surface area (TPSA) is 66.1 Å². The SMILES string of the molecule is CN(Cc1nc2ccccc2c(=O)[nH]1)C(=O)c1ccc2c3c(cccc13)CC2. The Bertz CT molecular complexity index is 1300. The molecule has 3 aromatic carbocycles. The van der Waals surface area contributed by atoms with Crippen molar-refractivity contribution in [3.8, 4) is 0 Å². The molecule has 5 nitrogen and oxygen atoms in total. The number of aryl methyl sites for hydroxylation is 2. The van der Waals surface area contributed by atoms with Gasteiger partial charge in [-0.15, -0.1) is 0 Å². The van der Waals surface area contributed by atoms with Crippen molar-refractivity contribution in [1.82, 2.24) is 14.9 Å². The predicted octanol–water partition coefficient (Wildman–Crippen LogP) is 3.45. The van der Waals surface area contributed by atoms with Gasteiger partial charge in [0, 0.05) is 12.6 Å². The quantitative estimate of drug-likeness (QED) is 0.602. The molecule has 1 aromatic heterocycles. The third kappa shape index (κ3) is 2.59. The maximum absolute atomic E-state index is 13.2. The number of hydrogen-bond donors (Lipinski definition) is 1. The van der Waals surface area contributed by atoms with Crippen LogP contribution in [0.2, 0.25) is 0 Å². The molecular weight excluding hydrogens is 350 g/mol. The van der Waals surface area contributed by atoms with Crippen LogP contribution in [0.4, 0.5) is 0 Å². The van der Waals surface area contributed by atoms with Crippen molar-refractivity contribution in [1.29, 1.82) is 0 Å². The van der Waals surface area contributed by atoms with Crippen molar-refractivity contribution in [2.45, 2.75) is 19.4 Å². The lowest BCUT2D eigenvalue weighted by molar-refractivity contribution is 0.0783. The molecular formula is C23H19N3O2. The van der Waals surface area contributed by atoms with E-state index in [-0.39, 0.29) is 18.0 Å². The minimum Gasteiger partial charge on any atom is -0.334 e. The summed E-state index contributed by atoms with van der Waals surface area (Å²) in [4.78, 5) is 34.3. The lowest BCUT2D eigenvalue weighted by atomic mass is 9.99. The van der Waals surface area contributed by atoms with Gasteiger partial charge in [0.25, 0.3) is 11.5 Å². The first-order chi connectivity index (χ1) is 13.6. The van der Waals surface area contributed by atoms with Gasteiger partial charge in [-0.2, -0.15) is 0 Å². The lowest BCUT2D eigenvalue weighted by Crippen LogP contribution is -2.28. The highest BCUT2D eigenvalue weighted by Crippen LogP contribution is 2.33. The maximum Gasteiger partial charge on any atom is 0.258 e. The Kier molecular flexibility index (Phi) is 3.76. The van der Waals surface area contributed by atoms with Crippen molar-refractivity contribution in [2.24, 2.45) is 0 Å². The molecule has 0 fully saturated rings. The summed E-state index contributed by atoms with van der Waals surface area (Å²) >= 11 is 0. The third-order valence-electron chi connectivity index (χ3n) is 5.50. The molecule has 138 valence electrons. The minimum absolute atomic E-state index is 0.0774. The Morgan fingerprint density at radius 1 is 1.00 bits per heavy atom. The van der Waals surface area contributed by atoms with Gasteiger partial charge in [0.05, 0.1) is 17.4 Å². The second-order valence-electron chi connectivity index (χ2n) is 7.30. The Morgan fingerprint density at radius 2 is 1.75 bits per heavy atom. The molecule has 1 heterocycles. The number of fused-ring (bicyclic) bond motifs is 1. The monoisotopic (exact) mass is 369 g/mol. The fourth-order valence-corrected chi connectivity index (χ4v) is 4.15. The Morgan fingerprint density at radius 3 is 2.61 bits per heavy atom. The van der Waals surface area contributed by atoms with E-state index in [0.29, 0.717) is 22.3 Å². The van der Waals surface area contributed by atoms with E-state index < -0.39 is 0 Å². The van der Waals surface area contributed by atoms with Gasteiger partial charge in [-0.1, -0.05) is 36.4 Å². The fourth-order valence-electron chi connectivity index (χ4n) is 4.15. The highest BCUT2D eigenvalue weighted by molar-refractivity contribution is 6.09. The molecule has 0 aliphatic heterocycles. The zero-order valence-corrected chi connectivity index (χ0v) is 15.5. The number of H-pyrrole nitrogens is 1. The van der Waals surface area contributed by atoms with Crippen LogP contribution in [0.25, 0.3) is 21.7 Å². The molecule has 4 aromatic rings. The number of para-hydroxylation sites is 1. The van der Waals surface area contributed by atoms with Gasteiger partial charge in [0.1, 0.15) is 5.82 Å². The zero-order chi connectivity index (χ0) is 19.3. The molecule has 5 heteroatoms. The summed E-state index contributed by atoms with van der Waals surface area (Å²) in [5.41, 5.74) is 3.75. The van der Waals surface area contributed by atoms with Crippen LogP contribution in [-0.2, 0) is 19.4 Å². The van der Waals surface area contributed by atoms with Crippen molar-refractivity contribution >= 4 is 27.6 Å². The normalized spacial score (nSPS) is 12.6. The van der Waals surface area contributed by atoms with Crippen LogP contribution in [0.1, 0.15) is 27.3 Å². The summed E-state index contributed by atoms with van der Waals surface area (Å²) < 4.78 is 0. The van der Waals surface area contributed by atoms with Crippen LogP contribution in [-0.4, -0.2) is 27.8 Å². The second-order valence-corrected chi connectivity index (χ2v) is 7.30. The highest BCUT2D eigenvalue weighted by Gasteiger charge is 2.21. The van der Waals surface area contributed by atoms with Crippen LogP contribution in [0, 0.1) is 0 Å². The first-order valence-corrected chi connectivity index (χ1v) is 9.39. The van der Waals surface area contributed by atoms with E-state index in [2.05, 4.69) is 22.1 Å². The van der Waals surface area contributed by atoms with Crippen molar-refractivity contribution in [3.63, 3.8) is 0 Å². The number of aromatic nitrogens is 2. The zero-order valence-electron chi connectivity index (χ0n) is 15.5. The number of hydrogen-bond acceptors (Lipinski definition) is 3. The summed E-state index contributed by atoms with van der Waals surface area (Å²) in [6.45, 7) is 0.238. The van der Waals surface area contributed by atoms with Gasteiger partial charge < -0.3 is 9.88 Å². The van der Waals surface area contributed by atoms with Crippen LogP contribution in [0.15, 0.2) is 59.4 Å². The average Bonchev–Trinajstić information content (AvgIpc) is 3.13. The molecule has 28 heavy (non-hydrogen) atoms. The largest absolute Gasteiger partial charge is 0.334 e. The number of carbonyl (C=O) groups is 1. The second kappa shape index (κ2) is 6.30. The molecule has 1 N–H and O–H groups in total. The van der Waals surface area contributed by atoms with Crippen LogP contribution in [0.5, 0.6) is 0 Å².